The Morgan fingerprint density at radius 1 is 1.53 bits per heavy atom. The minimum absolute atomic E-state index is 0.000556. The number of nitrogens with zero attached hydrogens (tertiary/aromatic N) is 2. The maximum atomic E-state index is 11.8. The number of nitrogens with one attached hydrogen (secondary N) is 2. The summed E-state index contributed by atoms with van der Waals surface area (Å²) in [4.78, 5) is 18.0. The molecule has 1 aromatic rings. The summed E-state index contributed by atoms with van der Waals surface area (Å²) in [5.41, 5.74) is 0.715. The second kappa shape index (κ2) is 6.09. The largest absolute Gasteiger partial charge is 0.323 e. The van der Waals surface area contributed by atoms with Crippen LogP contribution in [0, 0.1) is 0 Å². The van der Waals surface area contributed by atoms with Gasteiger partial charge in [-0.15, -0.1) is 0 Å². The van der Waals surface area contributed by atoms with Gasteiger partial charge in [0, 0.05) is 32.4 Å². The van der Waals surface area contributed by atoms with Crippen molar-refractivity contribution in [2.75, 3.05) is 38.0 Å². The summed E-state index contributed by atoms with van der Waals surface area (Å²) < 4.78 is 0.661. The number of halogens is 1. The molecule has 0 atom stereocenters. The number of piperazine rings is 1. The summed E-state index contributed by atoms with van der Waals surface area (Å²) in [5.74, 6) is 0.000556. The van der Waals surface area contributed by atoms with Gasteiger partial charge in [-0.25, -0.2) is 4.98 Å². The van der Waals surface area contributed by atoms with Gasteiger partial charge in [0.2, 0.25) is 5.91 Å². The number of carbonyl (C=O) groups excluding carboxylic acids is 1. The number of carbonyl (C=O) groups is 1. The molecule has 5 nitrogen and oxygen atoms in total. The van der Waals surface area contributed by atoms with Gasteiger partial charge in [0.05, 0.1) is 12.2 Å². The monoisotopic (exact) mass is 298 g/mol. The van der Waals surface area contributed by atoms with Crippen molar-refractivity contribution in [2.45, 2.75) is 0 Å². The summed E-state index contributed by atoms with van der Waals surface area (Å²) in [6.07, 6.45) is 1.68. The van der Waals surface area contributed by atoms with Crippen LogP contribution in [-0.2, 0) is 4.79 Å². The van der Waals surface area contributed by atoms with Crippen LogP contribution in [0.15, 0.2) is 22.9 Å². The molecule has 2 rings (SSSR count). The zero-order valence-electron chi connectivity index (χ0n) is 9.45. The van der Waals surface area contributed by atoms with Crippen LogP contribution in [0.2, 0.25) is 0 Å². The highest BCUT2D eigenvalue weighted by Gasteiger charge is 2.14. The maximum Gasteiger partial charge on any atom is 0.238 e. The standard InChI is InChI=1S/C11H15BrN4O/c12-11-9(2-1-3-14-11)15-10(17)8-16-6-4-13-5-7-16/h1-3,13H,4-8H2,(H,15,17). The molecular formula is C11H15BrN4O. The summed E-state index contributed by atoms with van der Waals surface area (Å²) in [6, 6.07) is 3.62. The average molecular weight is 299 g/mol. The smallest absolute Gasteiger partial charge is 0.238 e. The first-order chi connectivity index (χ1) is 8.25. The van der Waals surface area contributed by atoms with Gasteiger partial charge in [-0.2, -0.15) is 0 Å². The number of rotatable bonds is 3. The van der Waals surface area contributed by atoms with Crippen LogP contribution in [-0.4, -0.2) is 48.5 Å². The third-order valence-electron chi connectivity index (χ3n) is 2.61. The van der Waals surface area contributed by atoms with E-state index in [0.717, 1.165) is 26.2 Å². The van der Waals surface area contributed by atoms with Gasteiger partial charge in [0.1, 0.15) is 4.60 Å². The minimum Gasteiger partial charge on any atom is -0.323 e. The Morgan fingerprint density at radius 2 is 2.29 bits per heavy atom. The summed E-state index contributed by atoms with van der Waals surface area (Å²) >= 11 is 3.30. The molecule has 0 spiro atoms. The molecule has 2 N–H and O–H groups in total. The first-order valence-corrected chi connectivity index (χ1v) is 6.38. The number of anilines is 1. The Kier molecular flexibility index (Phi) is 4.47. The van der Waals surface area contributed by atoms with E-state index in [9.17, 15) is 4.79 Å². The topological polar surface area (TPSA) is 57.3 Å². The lowest BCUT2D eigenvalue weighted by atomic mass is 10.3. The SMILES string of the molecule is O=C(CN1CCNCC1)Nc1cccnc1Br. The Hall–Kier alpha value is -0.980. The molecule has 1 saturated heterocycles. The number of pyridine rings is 1. The molecular weight excluding hydrogens is 284 g/mol. The first-order valence-electron chi connectivity index (χ1n) is 5.59. The molecule has 1 aliphatic heterocycles. The van der Waals surface area contributed by atoms with Gasteiger partial charge in [-0.1, -0.05) is 0 Å². The van der Waals surface area contributed by atoms with E-state index in [1.807, 2.05) is 6.07 Å². The number of hydrogen-bond acceptors (Lipinski definition) is 4. The molecule has 0 unspecified atom stereocenters. The van der Waals surface area contributed by atoms with Crippen LogP contribution in [0.1, 0.15) is 0 Å². The van der Waals surface area contributed by atoms with Crippen molar-refractivity contribution in [2.24, 2.45) is 0 Å². The molecule has 17 heavy (non-hydrogen) atoms. The molecule has 92 valence electrons. The van der Waals surface area contributed by atoms with Gasteiger partial charge in [-0.3, -0.25) is 9.69 Å². The summed E-state index contributed by atoms with van der Waals surface area (Å²) in [5, 5.41) is 6.10. The number of hydrogen-bond donors (Lipinski definition) is 2. The van der Waals surface area contributed by atoms with Crippen LogP contribution in [0.25, 0.3) is 0 Å². The second-order valence-electron chi connectivity index (χ2n) is 3.92. The normalized spacial score (nSPS) is 16.8. The van der Waals surface area contributed by atoms with Gasteiger partial charge in [0.15, 0.2) is 0 Å². The fraction of sp³-hybridized carbons (Fsp3) is 0.455. The highest BCUT2D eigenvalue weighted by Crippen LogP contribution is 2.17. The molecule has 0 radical (unpaired) electrons. The van der Waals surface area contributed by atoms with Crippen molar-refractivity contribution in [3.05, 3.63) is 22.9 Å². The lowest BCUT2D eigenvalue weighted by Gasteiger charge is -2.26. The van der Waals surface area contributed by atoms with E-state index in [1.54, 1.807) is 12.3 Å². The quantitative estimate of drug-likeness (QED) is 0.806. The lowest BCUT2D eigenvalue weighted by molar-refractivity contribution is -0.117. The highest BCUT2D eigenvalue weighted by atomic mass is 79.9. The van der Waals surface area contributed by atoms with Crippen molar-refractivity contribution < 1.29 is 4.79 Å². The zero-order chi connectivity index (χ0) is 12.1. The Morgan fingerprint density at radius 3 is 3.00 bits per heavy atom. The number of aromatic nitrogens is 1. The lowest BCUT2D eigenvalue weighted by Crippen LogP contribution is -2.46. The van der Waals surface area contributed by atoms with E-state index >= 15 is 0 Å². The van der Waals surface area contributed by atoms with E-state index in [0.29, 0.717) is 16.8 Å². The minimum atomic E-state index is 0.000556. The number of amides is 1. The van der Waals surface area contributed by atoms with E-state index < -0.39 is 0 Å². The predicted molar refractivity (Wildman–Crippen MR) is 69.9 cm³/mol. The Labute approximate surface area is 109 Å². The molecule has 0 aromatic carbocycles. The fourth-order valence-corrected chi connectivity index (χ4v) is 2.09. The zero-order valence-corrected chi connectivity index (χ0v) is 11.0. The van der Waals surface area contributed by atoms with Crippen LogP contribution in [0.3, 0.4) is 0 Å². The van der Waals surface area contributed by atoms with Crippen molar-refractivity contribution in [1.29, 1.82) is 0 Å². The van der Waals surface area contributed by atoms with E-state index in [-0.39, 0.29) is 5.91 Å². The Bertz CT molecular complexity index is 393. The van der Waals surface area contributed by atoms with Crippen LogP contribution >= 0.6 is 15.9 Å². The van der Waals surface area contributed by atoms with Gasteiger partial charge < -0.3 is 10.6 Å². The molecule has 6 heteroatoms. The van der Waals surface area contributed by atoms with Gasteiger partial charge >= 0.3 is 0 Å². The van der Waals surface area contributed by atoms with Crippen molar-refractivity contribution in [3.8, 4) is 0 Å². The summed E-state index contributed by atoms with van der Waals surface area (Å²) in [7, 11) is 0. The molecule has 0 bridgehead atoms. The van der Waals surface area contributed by atoms with Gasteiger partial charge in [0.25, 0.3) is 0 Å². The predicted octanol–water partition coefficient (Wildman–Crippen LogP) is 0.688. The Balaban J connectivity index is 1.86. The molecule has 1 aromatic heterocycles. The molecule has 0 aliphatic carbocycles. The van der Waals surface area contributed by atoms with E-state index in [1.165, 1.54) is 0 Å². The fourth-order valence-electron chi connectivity index (χ4n) is 1.74. The molecule has 1 fully saturated rings. The van der Waals surface area contributed by atoms with Crippen LogP contribution < -0.4 is 10.6 Å². The molecule has 1 aliphatic rings. The van der Waals surface area contributed by atoms with Crippen molar-refractivity contribution in [3.63, 3.8) is 0 Å². The molecule has 0 saturated carbocycles. The first kappa shape index (κ1) is 12.5. The van der Waals surface area contributed by atoms with Crippen molar-refractivity contribution >= 4 is 27.5 Å². The maximum absolute atomic E-state index is 11.8. The molecule has 1 amide bonds. The van der Waals surface area contributed by atoms with Crippen molar-refractivity contribution in [1.82, 2.24) is 15.2 Å². The highest BCUT2D eigenvalue weighted by molar-refractivity contribution is 9.10. The van der Waals surface area contributed by atoms with E-state index in [4.69, 9.17) is 0 Å². The van der Waals surface area contributed by atoms with E-state index in [2.05, 4.69) is 36.4 Å². The third kappa shape index (κ3) is 3.76. The van der Waals surface area contributed by atoms with Crippen LogP contribution in [0.5, 0.6) is 0 Å². The van der Waals surface area contributed by atoms with Gasteiger partial charge in [-0.05, 0) is 28.1 Å². The van der Waals surface area contributed by atoms with Crippen LogP contribution in [0.4, 0.5) is 5.69 Å². The second-order valence-corrected chi connectivity index (χ2v) is 4.67. The summed E-state index contributed by atoms with van der Waals surface area (Å²) in [6.45, 7) is 4.17. The average Bonchev–Trinajstić information content (AvgIpc) is 2.33. The third-order valence-corrected chi connectivity index (χ3v) is 3.24. The molecule has 2 heterocycles.